The predicted molar refractivity (Wildman–Crippen MR) is 131 cm³/mol. The number of halogens is 2. The fraction of sp³-hybridized carbons (Fsp3) is 0.682. The van der Waals surface area contributed by atoms with Crippen molar-refractivity contribution >= 4 is 29.9 Å². The van der Waals surface area contributed by atoms with Crippen LogP contribution in [0, 0.1) is 11.7 Å². The lowest BCUT2D eigenvalue weighted by atomic mass is 10.0. The monoisotopic (exact) mass is 536 g/mol. The third kappa shape index (κ3) is 10.4. The summed E-state index contributed by atoms with van der Waals surface area (Å²) in [5, 5.41) is 6.67. The van der Waals surface area contributed by atoms with E-state index in [1.165, 1.54) is 6.07 Å². The van der Waals surface area contributed by atoms with Crippen molar-refractivity contribution in [3.05, 3.63) is 35.6 Å². The first-order chi connectivity index (χ1) is 14.1. The van der Waals surface area contributed by atoms with Gasteiger partial charge in [0.1, 0.15) is 5.82 Å². The van der Waals surface area contributed by atoms with Crippen molar-refractivity contribution in [2.24, 2.45) is 10.9 Å². The van der Waals surface area contributed by atoms with E-state index in [2.05, 4.69) is 36.3 Å². The van der Waals surface area contributed by atoms with Crippen LogP contribution in [-0.2, 0) is 9.47 Å². The van der Waals surface area contributed by atoms with E-state index in [1.54, 1.807) is 12.1 Å². The average molecular weight is 536 g/mol. The smallest absolute Gasteiger partial charge is 0.191 e. The van der Waals surface area contributed by atoms with Crippen LogP contribution in [0.2, 0.25) is 0 Å². The number of morpholine rings is 1. The summed E-state index contributed by atoms with van der Waals surface area (Å²) in [6, 6.07) is 6.87. The Morgan fingerprint density at radius 3 is 2.70 bits per heavy atom. The zero-order chi connectivity index (χ0) is 20.9. The summed E-state index contributed by atoms with van der Waals surface area (Å²) in [6.45, 7) is 13.1. The van der Waals surface area contributed by atoms with Gasteiger partial charge in [-0.15, -0.1) is 24.0 Å². The minimum Gasteiger partial charge on any atom is -0.381 e. The minimum atomic E-state index is -0.212. The second-order valence-corrected chi connectivity index (χ2v) is 7.69. The fourth-order valence-electron chi connectivity index (χ4n) is 3.25. The van der Waals surface area contributed by atoms with Crippen molar-refractivity contribution in [1.82, 2.24) is 15.5 Å². The first-order valence-electron chi connectivity index (χ1n) is 10.8. The third-order valence-electron chi connectivity index (χ3n) is 4.70. The Hall–Kier alpha value is -0.970. The highest BCUT2D eigenvalue weighted by molar-refractivity contribution is 14.0. The summed E-state index contributed by atoms with van der Waals surface area (Å²) in [5.41, 5.74) is 0.952. The van der Waals surface area contributed by atoms with Gasteiger partial charge < -0.3 is 20.1 Å². The maximum Gasteiger partial charge on any atom is 0.191 e. The highest BCUT2D eigenvalue weighted by Gasteiger charge is 2.23. The van der Waals surface area contributed by atoms with E-state index in [0.29, 0.717) is 25.7 Å². The van der Waals surface area contributed by atoms with Crippen LogP contribution in [0.1, 0.15) is 38.8 Å². The quantitative estimate of drug-likeness (QED) is 0.197. The Bertz CT molecular complexity index is 613. The van der Waals surface area contributed by atoms with Gasteiger partial charge in [0, 0.05) is 39.4 Å². The number of ether oxygens (including phenoxy) is 2. The van der Waals surface area contributed by atoms with Crippen LogP contribution in [0.15, 0.2) is 29.3 Å². The molecule has 1 fully saturated rings. The number of guanidine groups is 1. The van der Waals surface area contributed by atoms with E-state index in [-0.39, 0.29) is 35.8 Å². The molecule has 1 saturated heterocycles. The molecule has 30 heavy (non-hydrogen) atoms. The number of rotatable bonds is 11. The lowest BCUT2D eigenvalue weighted by molar-refractivity contribution is 0.0179. The number of nitrogens with zero attached hydrogens (tertiary/aromatic N) is 2. The molecular weight excluding hydrogens is 498 g/mol. The number of benzene rings is 1. The van der Waals surface area contributed by atoms with E-state index in [4.69, 9.17) is 14.5 Å². The summed E-state index contributed by atoms with van der Waals surface area (Å²) in [4.78, 5) is 7.11. The van der Waals surface area contributed by atoms with E-state index < -0.39 is 0 Å². The Morgan fingerprint density at radius 2 is 2.03 bits per heavy atom. The Morgan fingerprint density at radius 1 is 1.27 bits per heavy atom. The zero-order valence-corrected chi connectivity index (χ0v) is 20.9. The first kappa shape index (κ1) is 27.1. The first-order valence-corrected chi connectivity index (χ1v) is 10.8. The van der Waals surface area contributed by atoms with Gasteiger partial charge in [0.15, 0.2) is 5.96 Å². The second-order valence-electron chi connectivity index (χ2n) is 7.69. The highest BCUT2D eigenvalue weighted by Crippen LogP contribution is 2.23. The van der Waals surface area contributed by atoms with Gasteiger partial charge in [-0.05, 0) is 37.0 Å². The van der Waals surface area contributed by atoms with E-state index >= 15 is 0 Å². The summed E-state index contributed by atoms with van der Waals surface area (Å²) < 4.78 is 24.9. The molecule has 0 radical (unpaired) electrons. The lowest BCUT2D eigenvalue weighted by Gasteiger charge is -2.34. The van der Waals surface area contributed by atoms with Crippen molar-refractivity contribution in [3.63, 3.8) is 0 Å². The average Bonchev–Trinajstić information content (AvgIpc) is 2.71. The minimum absolute atomic E-state index is 0. The van der Waals surface area contributed by atoms with Crippen LogP contribution >= 0.6 is 24.0 Å². The number of aliphatic imine (C=N–C) groups is 1. The van der Waals surface area contributed by atoms with Crippen LogP contribution in [-0.4, -0.2) is 70.0 Å². The largest absolute Gasteiger partial charge is 0.381 e. The van der Waals surface area contributed by atoms with Gasteiger partial charge in [-0.2, -0.15) is 0 Å². The van der Waals surface area contributed by atoms with Gasteiger partial charge in [0.05, 0.1) is 25.8 Å². The number of hydrogen-bond acceptors (Lipinski definition) is 4. The molecule has 0 bridgehead atoms. The Kier molecular flexibility index (Phi) is 14.2. The molecule has 1 unspecified atom stereocenters. The van der Waals surface area contributed by atoms with Gasteiger partial charge in [0.2, 0.25) is 0 Å². The molecule has 0 saturated carbocycles. The molecule has 1 aromatic rings. The maximum absolute atomic E-state index is 13.8. The van der Waals surface area contributed by atoms with Crippen molar-refractivity contribution in [2.45, 2.75) is 33.2 Å². The topological polar surface area (TPSA) is 58.1 Å². The molecule has 6 nitrogen and oxygen atoms in total. The SMILES string of the molecule is CCNC(=NCC(c1cccc(F)c1)N1CCOCC1)NCCCOCC(C)C.I. The van der Waals surface area contributed by atoms with Gasteiger partial charge in [-0.25, -0.2) is 4.39 Å². The highest BCUT2D eigenvalue weighted by atomic mass is 127. The van der Waals surface area contributed by atoms with Crippen LogP contribution in [0.25, 0.3) is 0 Å². The van der Waals surface area contributed by atoms with Crippen LogP contribution < -0.4 is 10.6 Å². The Labute approximate surface area is 198 Å². The molecule has 2 rings (SSSR count). The van der Waals surface area contributed by atoms with Crippen molar-refractivity contribution in [2.75, 3.05) is 59.2 Å². The van der Waals surface area contributed by atoms with Crippen LogP contribution in [0.3, 0.4) is 0 Å². The summed E-state index contributed by atoms with van der Waals surface area (Å²) in [7, 11) is 0. The molecule has 1 atom stereocenters. The van der Waals surface area contributed by atoms with Gasteiger partial charge in [-0.3, -0.25) is 9.89 Å². The standard InChI is InChI=1S/C22H37FN4O2.HI/c1-4-24-22(25-9-6-12-29-17-18(2)3)26-16-21(27-10-13-28-14-11-27)19-7-5-8-20(23)15-19;/h5,7-8,15,18,21H,4,6,9-14,16-17H2,1-3H3,(H2,24,25,26);1H. The summed E-state index contributed by atoms with van der Waals surface area (Å²) in [5.74, 6) is 1.13. The zero-order valence-electron chi connectivity index (χ0n) is 18.5. The van der Waals surface area contributed by atoms with E-state index in [1.807, 2.05) is 6.07 Å². The third-order valence-corrected chi connectivity index (χ3v) is 4.70. The number of nitrogens with one attached hydrogen (secondary N) is 2. The Balaban J connectivity index is 0.00000450. The summed E-state index contributed by atoms with van der Waals surface area (Å²) in [6.07, 6.45) is 0.925. The molecule has 0 spiro atoms. The molecule has 172 valence electrons. The van der Waals surface area contributed by atoms with E-state index in [9.17, 15) is 4.39 Å². The molecule has 0 aromatic heterocycles. The molecule has 1 aromatic carbocycles. The maximum atomic E-state index is 13.8. The van der Waals surface area contributed by atoms with E-state index in [0.717, 1.165) is 57.3 Å². The summed E-state index contributed by atoms with van der Waals surface area (Å²) >= 11 is 0. The van der Waals surface area contributed by atoms with Crippen molar-refractivity contribution < 1.29 is 13.9 Å². The van der Waals surface area contributed by atoms with Gasteiger partial charge in [0.25, 0.3) is 0 Å². The van der Waals surface area contributed by atoms with Crippen molar-refractivity contribution in [3.8, 4) is 0 Å². The molecule has 1 heterocycles. The molecule has 0 aliphatic carbocycles. The number of hydrogen-bond donors (Lipinski definition) is 2. The predicted octanol–water partition coefficient (Wildman–Crippen LogP) is 3.43. The van der Waals surface area contributed by atoms with Crippen LogP contribution in [0.5, 0.6) is 0 Å². The molecule has 0 amide bonds. The molecule has 1 aliphatic rings. The van der Waals surface area contributed by atoms with Gasteiger partial charge in [-0.1, -0.05) is 26.0 Å². The molecule has 1 aliphatic heterocycles. The lowest BCUT2D eigenvalue weighted by Crippen LogP contribution is -2.42. The molecule has 8 heteroatoms. The normalized spacial score (nSPS) is 16.2. The van der Waals surface area contributed by atoms with Crippen LogP contribution in [0.4, 0.5) is 4.39 Å². The van der Waals surface area contributed by atoms with Crippen molar-refractivity contribution in [1.29, 1.82) is 0 Å². The second kappa shape index (κ2) is 15.8. The molecular formula is C22H38FIN4O2. The fourth-order valence-corrected chi connectivity index (χ4v) is 3.25. The molecule has 2 N–H and O–H groups in total. The van der Waals surface area contributed by atoms with Gasteiger partial charge >= 0.3 is 0 Å².